The van der Waals surface area contributed by atoms with Crippen molar-refractivity contribution in [2.45, 2.75) is 25.6 Å². The number of nitrogens with zero attached hydrogens (tertiary/aromatic N) is 7. The van der Waals surface area contributed by atoms with Crippen LogP contribution in [-0.4, -0.2) is 67.0 Å². The van der Waals surface area contributed by atoms with Gasteiger partial charge in [0.2, 0.25) is 0 Å². The molecule has 46 heavy (non-hydrogen) atoms. The Morgan fingerprint density at radius 1 is 0.891 bits per heavy atom. The highest BCUT2D eigenvalue weighted by atomic mass is 32.1. The van der Waals surface area contributed by atoms with Crippen molar-refractivity contribution >= 4 is 11.3 Å². The predicted molar refractivity (Wildman–Crippen MR) is 183 cm³/mol. The van der Waals surface area contributed by atoms with Gasteiger partial charge in [0, 0.05) is 60.1 Å². The van der Waals surface area contributed by atoms with Crippen molar-refractivity contribution in [1.29, 1.82) is 0 Å². The van der Waals surface area contributed by atoms with Gasteiger partial charge in [-0.05, 0) is 71.2 Å². The van der Waals surface area contributed by atoms with Gasteiger partial charge in [-0.2, -0.15) is 5.10 Å². The van der Waals surface area contributed by atoms with Gasteiger partial charge < -0.3 is 14.4 Å². The molecular formula is C36H37N7O2S. The zero-order chi connectivity index (χ0) is 31.6. The van der Waals surface area contributed by atoms with Gasteiger partial charge in [-0.25, -0.2) is 0 Å². The maximum Gasteiger partial charge on any atom is 0.118 e. The zero-order valence-corrected chi connectivity index (χ0v) is 27.2. The van der Waals surface area contributed by atoms with Crippen LogP contribution in [0.5, 0.6) is 11.5 Å². The number of azide groups is 1. The van der Waals surface area contributed by atoms with E-state index in [1.54, 1.807) is 25.6 Å². The largest absolute Gasteiger partial charge is 0.497 e. The third-order valence-electron chi connectivity index (χ3n) is 9.10. The third-order valence-corrected chi connectivity index (χ3v) is 10.2. The van der Waals surface area contributed by atoms with Crippen molar-refractivity contribution in [2.24, 2.45) is 5.11 Å². The number of rotatable bonds is 10. The lowest BCUT2D eigenvalue weighted by Gasteiger charge is -2.32. The Bertz CT molecular complexity index is 1840. The first-order valence-electron chi connectivity index (χ1n) is 15.6. The maximum atomic E-state index is 8.89. The molecule has 7 rings (SSSR count). The standard InChI is InChI=1S/C36H37N7O2S/c1-41-16-18-42(19-17-41)23-24-4-14-31-27(20-24)21-32-34(33-15-13-30(46-33)22-38-40-37)39-43(36(31)32)35(25-5-9-28(44-2)10-6-25)26-7-11-29(45-3)12-8-26/h4-15,20,35H,16-19,21-23H2,1-3H3. The monoisotopic (exact) mass is 631 g/mol. The summed E-state index contributed by atoms with van der Waals surface area (Å²) in [6.45, 7) is 5.70. The second kappa shape index (κ2) is 13.0. The van der Waals surface area contributed by atoms with E-state index in [2.05, 4.69) is 80.1 Å². The fourth-order valence-electron chi connectivity index (χ4n) is 6.62. The number of thiophene rings is 1. The average Bonchev–Trinajstić information content (AvgIpc) is 3.80. The fourth-order valence-corrected chi connectivity index (χ4v) is 7.56. The van der Waals surface area contributed by atoms with Crippen LogP contribution in [0.4, 0.5) is 0 Å². The molecule has 10 heteroatoms. The van der Waals surface area contributed by atoms with E-state index in [4.69, 9.17) is 20.1 Å². The summed E-state index contributed by atoms with van der Waals surface area (Å²) in [6, 6.07) is 27.5. The van der Waals surface area contributed by atoms with Crippen LogP contribution in [0.3, 0.4) is 0 Å². The van der Waals surface area contributed by atoms with Crippen LogP contribution in [0.1, 0.15) is 38.7 Å². The zero-order valence-electron chi connectivity index (χ0n) is 26.4. The molecule has 0 N–H and O–H groups in total. The highest BCUT2D eigenvalue weighted by Crippen LogP contribution is 2.46. The summed E-state index contributed by atoms with van der Waals surface area (Å²) < 4.78 is 13.2. The SMILES string of the molecule is COc1ccc(C(c2ccc(OC)cc2)n2nc(-c3ccc(CN=[N+]=[N-])s3)c3c2-c2ccc(CN4CCN(C)CC4)cc2C3)cc1. The van der Waals surface area contributed by atoms with E-state index in [1.165, 1.54) is 22.3 Å². The quantitative estimate of drug-likeness (QED) is 0.0893. The molecule has 1 saturated heterocycles. The van der Waals surface area contributed by atoms with Crippen LogP contribution in [0.2, 0.25) is 0 Å². The third kappa shape index (κ3) is 5.88. The van der Waals surface area contributed by atoms with Gasteiger partial charge in [-0.3, -0.25) is 9.58 Å². The van der Waals surface area contributed by atoms with Crippen LogP contribution in [0, 0.1) is 0 Å². The number of hydrogen-bond acceptors (Lipinski definition) is 7. The number of benzene rings is 3. The molecule has 2 aromatic heterocycles. The van der Waals surface area contributed by atoms with Gasteiger partial charge >= 0.3 is 0 Å². The Hall–Kier alpha value is -4.60. The summed E-state index contributed by atoms with van der Waals surface area (Å²) in [7, 11) is 5.58. The molecule has 0 radical (unpaired) electrons. The number of hydrogen-bond donors (Lipinski definition) is 0. The molecule has 2 aliphatic rings. The first kappa shape index (κ1) is 30.1. The number of methoxy groups -OCH3 is 2. The summed E-state index contributed by atoms with van der Waals surface area (Å²) in [5.41, 5.74) is 18.4. The number of fused-ring (bicyclic) bond motifs is 3. The van der Waals surface area contributed by atoms with Crippen molar-refractivity contribution in [2.75, 3.05) is 47.4 Å². The summed E-state index contributed by atoms with van der Waals surface area (Å²) >= 11 is 1.64. The molecule has 5 aromatic rings. The lowest BCUT2D eigenvalue weighted by molar-refractivity contribution is 0.148. The molecule has 0 bridgehead atoms. The summed E-state index contributed by atoms with van der Waals surface area (Å²) in [5, 5.41) is 9.20. The first-order valence-corrected chi connectivity index (χ1v) is 16.4. The number of likely N-dealkylation sites (N-methyl/N-ethyl adjacent to an activating group) is 1. The number of aromatic nitrogens is 2. The number of piperazine rings is 1. The minimum Gasteiger partial charge on any atom is -0.497 e. The van der Waals surface area contributed by atoms with Crippen molar-refractivity contribution in [3.05, 3.63) is 122 Å². The Morgan fingerprint density at radius 3 is 2.20 bits per heavy atom. The fraction of sp³-hybridized carbons (Fsp3) is 0.306. The van der Waals surface area contributed by atoms with Crippen LogP contribution >= 0.6 is 11.3 Å². The van der Waals surface area contributed by atoms with Gasteiger partial charge in [0.05, 0.1) is 31.3 Å². The van der Waals surface area contributed by atoms with E-state index in [0.717, 1.165) is 82.9 Å². The van der Waals surface area contributed by atoms with Gasteiger partial charge in [-0.1, -0.05) is 47.6 Å². The van der Waals surface area contributed by atoms with Gasteiger partial charge in [0.25, 0.3) is 0 Å². The summed E-state index contributed by atoms with van der Waals surface area (Å²) in [5.74, 6) is 1.63. The molecule has 0 spiro atoms. The molecule has 9 nitrogen and oxygen atoms in total. The van der Waals surface area contributed by atoms with E-state index in [9.17, 15) is 0 Å². The lowest BCUT2D eigenvalue weighted by atomic mass is 9.97. The highest BCUT2D eigenvalue weighted by molar-refractivity contribution is 7.15. The maximum absolute atomic E-state index is 8.89. The Morgan fingerprint density at radius 2 is 1.57 bits per heavy atom. The molecule has 0 unspecified atom stereocenters. The van der Waals surface area contributed by atoms with E-state index in [1.807, 2.05) is 30.3 Å². The normalized spacial score (nSPS) is 14.6. The minimum atomic E-state index is -0.183. The van der Waals surface area contributed by atoms with Crippen molar-refractivity contribution in [3.63, 3.8) is 0 Å². The van der Waals surface area contributed by atoms with Crippen LogP contribution in [0.25, 0.3) is 32.3 Å². The molecule has 1 fully saturated rings. The van der Waals surface area contributed by atoms with E-state index >= 15 is 0 Å². The van der Waals surface area contributed by atoms with E-state index in [-0.39, 0.29) is 6.04 Å². The van der Waals surface area contributed by atoms with Crippen LogP contribution in [-0.2, 0) is 19.5 Å². The lowest BCUT2D eigenvalue weighted by Crippen LogP contribution is -2.43. The molecule has 1 aliphatic heterocycles. The van der Waals surface area contributed by atoms with Gasteiger partial charge in [0.1, 0.15) is 23.2 Å². The molecule has 0 saturated carbocycles. The first-order chi connectivity index (χ1) is 22.5. The van der Waals surface area contributed by atoms with Gasteiger partial charge in [-0.15, -0.1) is 11.3 Å². The topological polar surface area (TPSA) is 91.5 Å². The molecule has 1 aliphatic carbocycles. The highest BCUT2D eigenvalue weighted by Gasteiger charge is 2.33. The van der Waals surface area contributed by atoms with E-state index < -0.39 is 0 Å². The number of ether oxygens (including phenoxy) is 2. The molecule has 3 aromatic carbocycles. The van der Waals surface area contributed by atoms with Crippen molar-refractivity contribution < 1.29 is 9.47 Å². The molecule has 0 atom stereocenters. The average molecular weight is 632 g/mol. The van der Waals surface area contributed by atoms with Crippen LogP contribution in [0.15, 0.2) is 84.0 Å². The molecule has 234 valence electrons. The van der Waals surface area contributed by atoms with Crippen molar-refractivity contribution in [3.8, 4) is 33.3 Å². The minimum absolute atomic E-state index is 0.183. The summed E-state index contributed by atoms with van der Waals surface area (Å²) in [4.78, 5) is 10.0. The Balaban J connectivity index is 1.35. The Labute approximate surface area is 273 Å². The second-order valence-corrected chi connectivity index (χ2v) is 13.1. The van der Waals surface area contributed by atoms with Crippen LogP contribution < -0.4 is 9.47 Å². The second-order valence-electron chi connectivity index (χ2n) is 12.0. The summed E-state index contributed by atoms with van der Waals surface area (Å²) in [6.07, 6.45) is 0.818. The predicted octanol–water partition coefficient (Wildman–Crippen LogP) is 7.40. The smallest absolute Gasteiger partial charge is 0.118 e. The molecular weight excluding hydrogens is 595 g/mol. The Kier molecular flexibility index (Phi) is 8.51. The van der Waals surface area contributed by atoms with Crippen molar-refractivity contribution in [1.82, 2.24) is 19.6 Å². The molecule has 3 heterocycles. The van der Waals surface area contributed by atoms with Gasteiger partial charge in [0.15, 0.2) is 0 Å². The van der Waals surface area contributed by atoms with E-state index in [0.29, 0.717) is 6.54 Å². The molecule has 0 amide bonds.